The third-order valence-electron chi connectivity index (χ3n) is 1.64. The number of nitrogens with one attached hydrogen (secondary N) is 1. The number of ether oxygens (including phenoxy) is 1. The van der Waals surface area contributed by atoms with Crippen LogP contribution in [0.25, 0.3) is 0 Å². The zero-order valence-corrected chi connectivity index (χ0v) is 7.95. The Kier molecular flexibility index (Phi) is 3.28. The standard InChI is InChI=1S/C9H12N2O3/c1-7(2)8(12)14-6-5-11-4-3-10-9(11)13/h3-4H,1,5-6H2,2H3,(H,10,13). The molecule has 5 heteroatoms. The summed E-state index contributed by atoms with van der Waals surface area (Å²) in [4.78, 5) is 24.4. The van der Waals surface area contributed by atoms with Crippen LogP contribution in [0, 0.1) is 0 Å². The second kappa shape index (κ2) is 4.45. The highest BCUT2D eigenvalue weighted by atomic mass is 16.5. The number of aromatic amines is 1. The molecule has 0 spiro atoms. The molecule has 0 aliphatic heterocycles. The molecular weight excluding hydrogens is 184 g/mol. The average molecular weight is 196 g/mol. The van der Waals surface area contributed by atoms with Crippen LogP contribution in [0.2, 0.25) is 0 Å². The molecule has 0 aliphatic rings. The fourth-order valence-electron chi connectivity index (χ4n) is 0.885. The van der Waals surface area contributed by atoms with E-state index in [-0.39, 0.29) is 12.3 Å². The first-order valence-electron chi connectivity index (χ1n) is 4.17. The molecule has 1 heterocycles. The third-order valence-corrected chi connectivity index (χ3v) is 1.64. The first-order chi connectivity index (χ1) is 6.61. The summed E-state index contributed by atoms with van der Waals surface area (Å²) in [7, 11) is 0. The summed E-state index contributed by atoms with van der Waals surface area (Å²) in [6.45, 7) is 5.53. The molecule has 1 aromatic heterocycles. The van der Waals surface area contributed by atoms with Crippen molar-refractivity contribution >= 4 is 5.97 Å². The largest absolute Gasteiger partial charge is 0.460 e. The van der Waals surface area contributed by atoms with Gasteiger partial charge in [-0.15, -0.1) is 0 Å². The molecule has 1 N–H and O–H groups in total. The van der Waals surface area contributed by atoms with Crippen LogP contribution < -0.4 is 5.69 Å². The number of hydrogen-bond acceptors (Lipinski definition) is 3. The Labute approximate surface area is 81.0 Å². The second-order valence-electron chi connectivity index (χ2n) is 2.87. The first-order valence-corrected chi connectivity index (χ1v) is 4.17. The van der Waals surface area contributed by atoms with Crippen LogP contribution in [0.1, 0.15) is 6.92 Å². The number of aromatic nitrogens is 2. The molecular formula is C9H12N2O3. The Balaban J connectivity index is 2.36. The topological polar surface area (TPSA) is 64.1 Å². The summed E-state index contributed by atoms with van der Waals surface area (Å²) in [5, 5.41) is 0. The normalized spacial score (nSPS) is 9.79. The van der Waals surface area contributed by atoms with Gasteiger partial charge in [-0.1, -0.05) is 6.58 Å². The average Bonchev–Trinajstić information content (AvgIpc) is 2.51. The molecule has 0 fully saturated rings. The molecule has 0 aliphatic carbocycles. The van der Waals surface area contributed by atoms with Gasteiger partial charge in [0.25, 0.3) is 0 Å². The van der Waals surface area contributed by atoms with E-state index in [9.17, 15) is 9.59 Å². The highest BCUT2D eigenvalue weighted by Crippen LogP contribution is 1.92. The summed E-state index contributed by atoms with van der Waals surface area (Å²) < 4.78 is 6.24. The van der Waals surface area contributed by atoms with Gasteiger partial charge in [-0.3, -0.25) is 4.57 Å². The molecule has 0 radical (unpaired) electrons. The van der Waals surface area contributed by atoms with E-state index in [1.54, 1.807) is 13.1 Å². The summed E-state index contributed by atoms with van der Waals surface area (Å²) >= 11 is 0. The molecule has 0 saturated heterocycles. The van der Waals surface area contributed by atoms with Crippen LogP contribution in [-0.2, 0) is 16.1 Å². The maximum atomic E-state index is 11.0. The highest BCUT2D eigenvalue weighted by molar-refractivity contribution is 5.86. The monoisotopic (exact) mass is 196 g/mol. The van der Waals surface area contributed by atoms with Gasteiger partial charge in [0.1, 0.15) is 6.61 Å². The van der Waals surface area contributed by atoms with Crippen LogP contribution >= 0.6 is 0 Å². The number of rotatable bonds is 4. The zero-order chi connectivity index (χ0) is 10.6. The lowest BCUT2D eigenvalue weighted by atomic mass is 10.4. The van der Waals surface area contributed by atoms with Crippen molar-refractivity contribution < 1.29 is 9.53 Å². The molecule has 0 unspecified atom stereocenters. The Morgan fingerprint density at radius 1 is 1.71 bits per heavy atom. The number of imidazole rings is 1. The van der Waals surface area contributed by atoms with E-state index in [0.717, 1.165) is 0 Å². The molecule has 0 bridgehead atoms. The van der Waals surface area contributed by atoms with E-state index >= 15 is 0 Å². The van der Waals surface area contributed by atoms with Gasteiger partial charge in [0.15, 0.2) is 0 Å². The first kappa shape index (κ1) is 10.3. The lowest BCUT2D eigenvalue weighted by Crippen LogP contribution is -2.20. The van der Waals surface area contributed by atoms with Gasteiger partial charge in [-0.2, -0.15) is 0 Å². The maximum Gasteiger partial charge on any atom is 0.333 e. The number of esters is 1. The van der Waals surface area contributed by atoms with E-state index < -0.39 is 5.97 Å². The Morgan fingerprint density at radius 2 is 2.43 bits per heavy atom. The SMILES string of the molecule is C=C(C)C(=O)OCCn1cc[nH]c1=O. The van der Waals surface area contributed by atoms with Crippen molar-refractivity contribution in [3.8, 4) is 0 Å². The van der Waals surface area contributed by atoms with E-state index in [0.29, 0.717) is 12.1 Å². The Hall–Kier alpha value is -1.78. The minimum atomic E-state index is -0.436. The van der Waals surface area contributed by atoms with Crippen LogP contribution in [0.3, 0.4) is 0 Å². The van der Waals surface area contributed by atoms with Crippen molar-refractivity contribution in [2.45, 2.75) is 13.5 Å². The number of nitrogens with zero attached hydrogens (tertiary/aromatic N) is 1. The molecule has 1 aromatic rings. The lowest BCUT2D eigenvalue weighted by molar-refractivity contribution is -0.139. The second-order valence-corrected chi connectivity index (χ2v) is 2.87. The molecule has 0 atom stereocenters. The van der Waals surface area contributed by atoms with E-state index in [4.69, 9.17) is 4.74 Å². The van der Waals surface area contributed by atoms with Gasteiger partial charge < -0.3 is 9.72 Å². The zero-order valence-electron chi connectivity index (χ0n) is 7.95. The fraction of sp³-hybridized carbons (Fsp3) is 0.333. The molecule has 0 amide bonds. The highest BCUT2D eigenvalue weighted by Gasteiger charge is 2.02. The van der Waals surface area contributed by atoms with Crippen molar-refractivity contribution in [1.82, 2.24) is 9.55 Å². The lowest BCUT2D eigenvalue weighted by Gasteiger charge is -2.03. The van der Waals surface area contributed by atoms with E-state index in [1.165, 1.54) is 10.8 Å². The van der Waals surface area contributed by atoms with Crippen LogP contribution in [0.5, 0.6) is 0 Å². The minimum Gasteiger partial charge on any atom is -0.460 e. The van der Waals surface area contributed by atoms with Crippen LogP contribution in [0.15, 0.2) is 29.3 Å². The summed E-state index contributed by atoms with van der Waals surface area (Å²) in [5.41, 5.74) is 0.141. The van der Waals surface area contributed by atoms with Crippen molar-refractivity contribution in [3.05, 3.63) is 35.0 Å². The Bertz CT molecular complexity index is 389. The van der Waals surface area contributed by atoms with Crippen LogP contribution in [0.4, 0.5) is 0 Å². The van der Waals surface area contributed by atoms with Crippen molar-refractivity contribution in [2.24, 2.45) is 0 Å². The molecule has 76 valence electrons. The quantitative estimate of drug-likeness (QED) is 0.556. The predicted molar refractivity (Wildman–Crippen MR) is 50.8 cm³/mol. The summed E-state index contributed by atoms with van der Waals surface area (Å²) in [6.07, 6.45) is 3.12. The van der Waals surface area contributed by atoms with Crippen LogP contribution in [-0.4, -0.2) is 22.1 Å². The molecule has 14 heavy (non-hydrogen) atoms. The van der Waals surface area contributed by atoms with E-state index in [2.05, 4.69) is 11.6 Å². The summed E-state index contributed by atoms with van der Waals surface area (Å²) in [6, 6.07) is 0. The molecule has 0 saturated carbocycles. The molecule has 5 nitrogen and oxygen atoms in total. The molecule has 1 rings (SSSR count). The minimum absolute atomic E-state index is 0.170. The summed E-state index contributed by atoms with van der Waals surface area (Å²) in [5.74, 6) is -0.436. The van der Waals surface area contributed by atoms with Gasteiger partial charge >= 0.3 is 11.7 Å². The smallest absolute Gasteiger partial charge is 0.333 e. The van der Waals surface area contributed by atoms with Gasteiger partial charge in [0, 0.05) is 18.0 Å². The fourth-order valence-corrected chi connectivity index (χ4v) is 0.885. The van der Waals surface area contributed by atoms with Crippen molar-refractivity contribution in [3.63, 3.8) is 0 Å². The van der Waals surface area contributed by atoms with Gasteiger partial charge in [0.05, 0.1) is 6.54 Å². The number of hydrogen-bond donors (Lipinski definition) is 1. The number of H-pyrrole nitrogens is 1. The van der Waals surface area contributed by atoms with Gasteiger partial charge in [-0.05, 0) is 6.92 Å². The number of carbonyl (C=O) groups is 1. The van der Waals surface area contributed by atoms with Gasteiger partial charge in [-0.25, -0.2) is 9.59 Å². The maximum absolute atomic E-state index is 11.0. The van der Waals surface area contributed by atoms with Crippen molar-refractivity contribution in [2.75, 3.05) is 6.61 Å². The predicted octanol–water partition coefficient (Wildman–Crippen LogP) is 0.296. The third kappa shape index (κ3) is 2.62. The molecule has 0 aromatic carbocycles. The number of carbonyl (C=O) groups excluding carboxylic acids is 1. The van der Waals surface area contributed by atoms with Crippen molar-refractivity contribution in [1.29, 1.82) is 0 Å². The Morgan fingerprint density at radius 3 is 2.93 bits per heavy atom. The van der Waals surface area contributed by atoms with Gasteiger partial charge in [0.2, 0.25) is 0 Å². The van der Waals surface area contributed by atoms with E-state index in [1.807, 2.05) is 0 Å².